The summed E-state index contributed by atoms with van der Waals surface area (Å²) in [5, 5.41) is 2.74. The highest BCUT2D eigenvalue weighted by Gasteiger charge is 2.17. The molecule has 1 N–H and O–H groups in total. The molecule has 7 nitrogen and oxygen atoms in total. The summed E-state index contributed by atoms with van der Waals surface area (Å²) in [4.78, 5) is 31.0. The maximum Gasteiger partial charge on any atom is 0.343 e. The minimum atomic E-state index is -0.523. The number of aromatic nitrogens is 3. The molecule has 0 aliphatic heterocycles. The second-order valence-corrected chi connectivity index (χ2v) is 6.49. The van der Waals surface area contributed by atoms with E-state index < -0.39 is 5.97 Å². The number of hydrogen-bond donors (Lipinski definition) is 1. The van der Waals surface area contributed by atoms with Crippen molar-refractivity contribution in [3.8, 4) is 12.3 Å². The first kappa shape index (κ1) is 19.4. The predicted octanol–water partition coefficient (Wildman–Crippen LogP) is 2.14. The molecule has 0 unspecified atom stereocenters. The Labute approximate surface area is 162 Å². The molecular weight excluding hydrogens is 356 g/mol. The average molecular weight is 378 g/mol. The zero-order chi connectivity index (χ0) is 20.1. The van der Waals surface area contributed by atoms with Crippen molar-refractivity contribution in [3.63, 3.8) is 0 Å². The van der Waals surface area contributed by atoms with Crippen molar-refractivity contribution < 1.29 is 9.53 Å². The van der Waals surface area contributed by atoms with Crippen LogP contribution in [0.5, 0.6) is 0 Å². The lowest BCUT2D eigenvalue weighted by Crippen LogP contribution is -2.26. The first-order valence-corrected chi connectivity index (χ1v) is 9.00. The van der Waals surface area contributed by atoms with Gasteiger partial charge in [0.15, 0.2) is 5.65 Å². The molecular formula is C21H22N4O3. The molecule has 0 saturated carbocycles. The number of rotatable bonds is 7. The van der Waals surface area contributed by atoms with Crippen LogP contribution in [-0.4, -0.2) is 38.6 Å². The number of terminal acetylenes is 1. The Kier molecular flexibility index (Phi) is 5.92. The van der Waals surface area contributed by atoms with Crippen LogP contribution < -0.4 is 5.56 Å². The third-order valence-electron chi connectivity index (χ3n) is 4.27. The standard InChI is InChI=1S/C21H22N4O3/c1-4-10-24(13-16-8-6-15(3)7-9-16)14-17-11-19(26)25-20(23-17)18(12-22-25)21(27)28-5-2/h1,6-9,11-12,22H,5,10,13-14H2,2-3H3. The van der Waals surface area contributed by atoms with Gasteiger partial charge in [-0.25, -0.2) is 14.3 Å². The van der Waals surface area contributed by atoms with Gasteiger partial charge in [0.2, 0.25) is 0 Å². The second kappa shape index (κ2) is 8.55. The monoisotopic (exact) mass is 378 g/mol. The molecule has 7 heteroatoms. The smallest absolute Gasteiger partial charge is 0.343 e. The normalized spacial score (nSPS) is 10.9. The molecule has 0 aliphatic carbocycles. The Hall–Kier alpha value is -3.37. The Morgan fingerprint density at radius 1 is 1.32 bits per heavy atom. The zero-order valence-corrected chi connectivity index (χ0v) is 15.9. The van der Waals surface area contributed by atoms with E-state index in [2.05, 4.69) is 28.1 Å². The molecule has 0 spiro atoms. The summed E-state index contributed by atoms with van der Waals surface area (Å²) < 4.78 is 6.25. The minimum Gasteiger partial charge on any atom is -0.462 e. The Bertz CT molecular complexity index is 1070. The van der Waals surface area contributed by atoms with Crippen LogP contribution in [0.25, 0.3) is 5.65 Å². The number of aromatic amines is 1. The van der Waals surface area contributed by atoms with Crippen LogP contribution in [0.15, 0.2) is 41.3 Å². The molecule has 0 radical (unpaired) electrons. The molecule has 0 aliphatic rings. The zero-order valence-electron chi connectivity index (χ0n) is 15.9. The molecule has 0 atom stereocenters. The summed E-state index contributed by atoms with van der Waals surface area (Å²) >= 11 is 0. The van der Waals surface area contributed by atoms with Gasteiger partial charge >= 0.3 is 5.97 Å². The maximum atomic E-state index is 12.4. The van der Waals surface area contributed by atoms with Crippen molar-refractivity contribution in [3.05, 3.63) is 69.3 Å². The SMILES string of the molecule is C#CCN(Cc1ccc(C)cc1)Cc1cc(=O)n2[nH]cc(C(=O)OCC)c2n1. The van der Waals surface area contributed by atoms with Gasteiger partial charge in [0.1, 0.15) is 5.56 Å². The van der Waals surface area contributed by atoms with Crippen LogP contribution in [0.4, 0.5) is 0 Å². The summed E-state index contributed by atoms with van der Waals surface area (Å²) in [6, 6.07) is 9.64. The number of aryl methyl sites for hydroxylation is 1. The fraction of sp³-hybridized carbons (Fsp3) is 0.286. The molecule has 3 aromatic rings. The Balaban J connectivity index is 1.89. The van der Waals surface area contributed by atoms with E-state index in [0.717, 1.165) is 5.56 Å². The van der Waals surface area contributed by atoms with Gasteiger partial charge in [-0.2, -0.15) is 0 Å². The summed E-state index contributed by atoms with van der Waals surface area (Å²) in [6.07, 6.45) is 6.95. The lowest BCUT2D eigenvalue weighted by atomic mass is 10.1. The number of hydrogen-bond acceptors (Lipinski definition) is 5. The average Bonchev–Trinajstić information content (AvgIpc) is 3.08. The second-order valence-electron chi connectivity index (χ2n) is 6.49. The molecule has 28 heavy (non-hydrogen) atoms. The van der Waals surface area contributed by atoms with Crippen molar-refractivity contribution in [2.45, 2.75) is 26.9 Å². The molecule has 0 amide bonds. The molecule has 3 rings (SSSR count). The van der Waals surface area contributed by atoms with E-state index >= 15 is 0 Å². The highest BCUT2D eigenvalue weighted by Crippen LogP contribution is 2.12. The van der Waals surface area contributed by atoms with E-state index in [0.29, 0.717) is 25.3 Å². The highest BCUT2D eigenvalue weighted by molar-refractivity contribution is 5.95. The van der Waals surface area contributed by atoms with Crippen molar-refractivity contribution in [2.24, 2.45) is 0 Å². The van der Waals surface area contributed by atoms with Crippen molar-refractivity contribution in [2.75, 3.05) is 13.2 Å². The summed E-state index contributed by atoms with van der Waals surface area (Å²) in [7, 11) is 0. The number of carbonyl (C=O) groups excluding carboxylic acids is 1. The number of carbonyl (C=O) groups is 1. The summed E-state index contributed by atoms with van der Waals surface area (Å²) in [5.41, 5.74) is 3.02. The fourth-order valence-electron chi connectivity index (χ4n) is 2.95. The first-order chi connectivity index (χ1) is 13.5. The number of esters is 1. The van der Waals surface area contributed by atoms with E-state index in [1.165, 1.54) is 22.3 Å². The van der Waals surface area contributed by atoms with E-state index in [9.17, 15) is 9.59 Å². The maximum absolute atomic E-state index is 12.4. The number of nitrogens with one attached hydrogen (secondary N) is 1. The van der Waals surface area contributed by atoms with Gasteiger partial charge in [-0.05, 0) is 19.4 Å². The number of fused-ring (bicyclic) bond motifs is 1. The molecule has 2 aromatic heterocycles. The van der Waals surface area contributed by atoms with E-state index in [4.69, 9.17) is 11.2 Å². The van der Waals surface area contributed by atoms with E-state index in [-0.39, 0.29) is 23.4 Å². The van der Waals surface area contributed by atoms with Gasteiger partial charge in [-0.1, -0.05) is 35.7 Å². The van der Waals surface area contributed by atoms with E-state index in [1.807, 2.05) is 24.0 Å². The largest absolute Gasteiger partial charge is 0.462 e. The van der Waals surface area contributed by atoms with Gasteiger partial charge in [0.05, 0.1) is 18.8 Å². The third-order valence-corrected chi connectivity index (χ3v) is 4.27. The van der Waals surface area contributed by atoms with Crippen LogP contribution in [0.1, 0.15) is 34.1 Å². The van der Waals surface area contributed by atoms with Crippen molar-refractivity contribution in [1.82, 2.24) is 19.5 Å². The summed E-state index contributed by atoms with van der Waals surface area (Å²) in [6.45, 7) is 5.42. The minimum absolute atomic E-state index is 0.225. The molecule has 0 fully saturated rings. The van der Waals surface area contributed by atoms with Gasteiger partial charge in [-0.3, -0.25) is 14.8 Å². The van der Waals surface area contributed by atoms with Gasteiger partial charge in [0, 0.05) is 25.4 Å². The fourth-order valence-corrected chi connectivity index (χ4v) is 2.95. The Morgan fingerprint density at radius 2 is 2.07 bits per heavy atom. The third kappa shape index (κ3) is 4.30. The quantitative estimate of drug-likeness (QED) is 0.503. The van der Waals surface area contributed by atoms with E-state index in [1.54, 1.807) is 6.92 Å². The lowest BCUT2D eigenvalue weighted by Gasteiger charge is -2.19. The first-order valence-electron chi connectivity index (χ1n) is 9.00. The molecule has 144 valence electrons. The highest BCUT2D eigenvalue weighted by atomic mass is 16.5. The van der Waals surface area contributed by atoms with Crippen molar-refractivity contribution in [1.29, 1.82) is 0 Å². The molecule has 0 bridgehead atoms. The van der Waals surface area contributed by atoms with Gasteiger partial charge < -0.3 is 4.74 Å². The molecule has 2 heterocycles. The number of ether oxygens (including phenoxy) is 1. The number of nitrogens with zero attached hydrogens (tertiary/aromatic N) is 3. The molecule has 0 saturated heterocycles. The Morgan fingerprint density at radius 3 is 2.75 bits per heavy atom. The molecule has 1 aromatic carbocycles. The van der Waals surface area contributed by atoms with Gasteiger partial charge in [-0.15, -0.1) is 6.42 Å². The van der Waals surface area contributed by atoms with Gasteiger partial charge in [0.25, 0.3) is 5.56 Å². The topological polar surface area (TPSA) is 79.7 Å². The van der Waals surface area contributed by atoms with Crippen LogP contribution in [0.3, 0.4) is 0 Å². The van der Waals surface area contributed by atoms with Crippen LogP contribution in [0, 0.1) is 19.3 Å². The number of benzene rings is 1. The number of H-pyrrole nitrogens is 1. The summed E-state index contributed by atoms with van der Waals surface area (Å²) in [5.74, 6) is 2.12. The van der Waals surface area contributed by atoms with Crippen LogP contribution >= 0.6 is 0 Å². The lowest BCUT2D eigenvalue weighted by molar-refractivity contribution is 0.0528. The van der Waals surface area contributed by atoms with Crippen LogP contribution in [0.2, 0.25) is 0 Å². The van der Waals surface area contributed by atoms with Crippen LogP contribution in [-0.2, 0) is 17.8 Å². The predicted molar refractivity (Wildman–Crippen MR) is 106 cm³/mol. The van der Waals surface area contributed by atoms with Crippen molar-refractivity contribution >= 4 is 11.6 Å².